The van der Waals surface area contributed by atoms with E-state index in [1.54, 1.807) is 12.1 Å². The number of carbonyl (C=O) groups is 1. The topological polar surface area (TPSA) is 42.0 Å². The number of benzene rings is 1. The maximum absolute atomic E-state index is 12.8. The zero-order chi connectivity index (χ0) is 14.7. The van der Waals surface area contributed by atoms with Crippen LogP contribution >= 0.6 is 11.3 Å². The van der Waals surface area contributed by atoms with E-state index in [-0.39, 0.29) is 11.7 Å². The van der Waals surface area contributed by atoms with E-state index in [0.717, 1.165) is 17.1 Å². The minimum absolute atomic E-state index is 0.193. The van der Waals surface area contributed by atoms with Crippen molar-refractivity contribution in [3.05, 3.63) is 45.7 Å². The first-order valence-corrected chi connectivity index (χ1v) is 7.30. The molecule has 0 aliphatic carbocycles. The van der Waals surface area contributed by atoms with Crippen LogP contribution in [-0.2, 0) is 6.42 Å². The molecule has 2 aromatic rings. The number of halogens is 1. The van der Waals surface area contributed by atoms with E-state index in [9.17, 15) is 9.18 Å². The van der Waals surface area contributed by atoms with Gasteiger partial charge < -0.3 is 5.32 Å². The fraction of sp³-hybridized carbons (Fsp3) is 0.333. The summed E-state index contributed by atoms with van der Waals surface area (Å²) >= 11 is 1.42. The lowest BCUT2D eigenvalue weighted by Crippen LogP contribution is -2.11. The van der Waals surface area contributed by atoms with Gasteiger partial charge in [0.2, 0.25) is 0 Å². The second kappa shape index (κ2) is 6.13. The highest BCUT2D eigenvalue weighted by atomic mass is 32.1. The van der Waals surface area contributed by atoms with Gasteiger partial charge in [0.05, 0.1) is 10.7 Å². The van der Waals surface area contributed by atoms with Crippen LogP contribution in [0.5, 0.6) is 0 Å². The molecule has 2 rings (SSSR count). The Bertz CT molecular complexity index is 605. The molecule has 5 heteroatoms. The highest BCUT2D eigenvalue weighted by Crippen LogP contribution is 2.22. The van der Waals surface area contributed by atoms with Crippen LogP contribution in [0.4, 0.5) is 10.1 Å². The molecule has 0 unspecified atom stereocenters. The highest BCUT2D eigenvalue weighted by Gasteiger charge is 2.16. The summed E-state index contributed by atoms with van der Waals surface area (Å²) in [7, 11) is 0. The second-order valence-corrected chi connectivity index (χ2v) is 6.16. The van der Waals surface area contributed by atoms with Crippen molar-refractivity contribution in [1.82, 2.24) is 4.98 Å². The average molecular weight is 292 g/mol. The molecule has 20 heavy (non-hydrogen) atoms. The molecule has 1 heterocycles. The Morgan fingerprint density at radius 2 is 2.00 bits per heavy atom. The molecule has 0 atom stereocenters. The number of nitrogens with zero attached hydrogens (tertiary/aromatic N) is 1. The Hall–Kier alpha value is -1.75. The number of thiazole rings is 1. The number of amides is 1. The summed E-state index contributed by atoms with van der Waals surface area (Å²) < 4.78 is 12.8. The Morgan fingerprint density at radius 3 is 2.60 bits per heavy atom. The number of hydrogen-bond donors (Lipinski definition) is 1. The van der Waals surface area contributed by atoms with Crippen LogP contribution < -0.4 is 5.32 Å². The fourth-order valence-electron chi connectivity index (χ4n) is 1.82. The van der Waals surface area contributed by atoms with Crippen LogP contribution in [0.25, 0.3) is 0 Å². The summed E-state index contributed by atoms with van der Waals surface area (Å²) in [6.45, 7) is 6.07. The first-order chi connectivity index (χ1) is 9.45. The van der Waals surface area contributed by atoms with Crippen LogP contribution in [0, 0.1) is 18.7 Å². The molecule has 0 spiro atoms. The van der Waals surface area contributed by atoms with Gasteiger partial charge in [0.25, 0.3) is 5.91 Å². The standard InChI is InChI=1S/C15H17FN2OS/c1-9(2)8-13-17-10(3)14(20-13)15(19)18-12-6-4-11(16)5-7-12/h4-7,9H,8H2,1-3H3,(H,18,19). The molecule has 0 bridgehead atoms. The van der Waals surface area contributed by atoms with Gasteiger partial charge in [-0.15, -0.1) is 11.3 Å². The van der Waals surface area contributed by atoms with Crippen molar-refractivity contribution in [2.45, 2.75) is 27.2 Å². The lowest BCUT2D eigenvalue weighted by atomic mass is 10.1. The number of anilines is 1. The smallest absolute Gasteiger partial charge is 0.267 e. The van der Waals surface area contributed by atoms with Crippen molar-refractivity contribution in [2.75, 3.05) is 5.32 Å². The van der Waals surface area contributed by atoms with Crippen molar-refractivity contribution in [2.24, 2.45) is 5.92 Å². The van der Waals surface area contributed by atoms with Crippen LogP contribution in [0.15, 0.2) is 24.3 Å². The predicted octanol–water partition coefficient (Wildman–Crippen LogP) is 4.04. The molecular formula is C15H17FN2OS. The minimum Gasteiger partial charge on any atom is -0.321 e. The number of hydrogen-bond acceptors (Lipinski definition) is 3. The van der Waals surface area contributed by atoms with Gasteiger partial charge in [0.15, 0.2) is 0 Å². The summed E-state index contributed by atoms with van der Waals surface area (Å²) in [5.41, 5.74) is 1.32. The third-order valence-electron chi connectivity index (χ3n) is 2.73. The number of nitrogens with one attached hydrogen (secondary N) is 1. The first-order valence-electron chi connectivity index (χ1n) is 6.49. The third kappa shape index (κ3) is 3.63. The maximum atomic E-state index is 12.8. The summed E-state index contributed by atoms with van der Waals surface area (Å²) in [6, 6.07) is 5.72. The van der Waals surface area contributed by atoms with Gasteiger partial charge in [-0.25, -0.2) is 9.37 Å². The molecule has 3 nitrogen and oxygen atoms in total. The van der Waals surface area contributed by atoms with Crippen LogP contribution in [0.1, 0.15) is 34.2 Å². The third-order valence-corrected chi connectivity index (χ3v) is 3.91. The molecule has 1 N–H and O–H groups in total. The summed E-state index contributed by atoms with van der Waals surface area (Å²) in [4.78, 5) is 17.2. The van der Waals surface area contributed by atoms with E-state index in [1.807, 2.05) is 6.92 Å². The van der Waals surface area contributed by atoms with E-state index in [0.29, 0.717) is 16.5 Å². The van der Waals surface area contributed by atoms with E-state index < -0.39 is 0 Å². The van der Waals surface area contributed by atoms with Crippen molar-refractivity contribution in [1.29, 1.82) is 0 Å². The first kappa shape index (κ1) is 14.7. The molecule has 0 fully saturated rings. The molecule has 0 saturated carbocycles. The van der Waals surface area contributed by atoms with Crippen molar-refractivity contribution in [3.63, 3.8) is 0 Å². The molecular weight excluding hydrogens is 275 g/mol. The van der Waals surface area contributed by atoms with E-state index >= 15 is 0 Å². The van der Waals surface area contributed by atoms with E-state index in [4.69, 9.17) is 0 Å². The number of rotatable bonds is 4. The van der Waals surface area contributed by atoms with Gasteiger partial charge in [-0.3, -0.25) is 4.79 Å². The molecule has 0 radical (unpaired) electrons. The van der Waals surface area contributed by atoms with Crippen molar-refractivity contribution < 1.29 is 9.18 Å². The summed E-state index contributed by atoms with van der Waals surface area (Å²) in [6.07, 6.45) is 0.870. The molecule has 106 valence electrons. The fourth-order valence-corrected chi connectivity index (χ4v) is 2.99. The molecule has 1 amide bonds. The van der Waals surface area contributed by atoms with Crippen LogP contribution in [-0.4, -0.2) is 10.9 Å². The quantitative estimate of drug-likeness (QED) is 0.924. The zero-order valence-electron chi connectivity index (χ0n) is 11.7. The Morgan fingerprint density at radius 1 is 1.35 bits per heavy atom. The van der Waals surface area contributed by atoms with Gasteiger partial charge in [0, 0.05) is 12.1 Å². The highest BCUT2D eigenvalue weighted by molar-refractivity contribution is 7.13. The van der Waals surface area contributed by atoms with Gasteiger partial charge in [-0.2, -0.15) is 0 Å². The van der Waals surface area contributed by atoms with Crippen LogP contribution in [0.2, 0.25) is 0 Å². The lowest BCUT2D eigenvalue weighted by Gasteiger charge is -2.03. The zero-order valence-corrected chi connectivity index (χ0v) is 12.6. The largest absolute Gasteiger partial charge is 0.321 e. The van der Waals surface area contributed by atoms with Crippen molar-refractivity contribution in [3.8, 4) is 0 Å². The van der Waals surface area contributed by atoms with Gasteiger partial charge in [0.1, 0.15) is 10.7 Å². The van der Waals surface area contributed by atoms with Gasteiger partial charge in [-0.05, 0) is 37.1 Å². The van der Waals surface area contributed by atoms with Gasteiger partial charge >= 0.3 is 0 Å². The SMILES string of the molecule is Cc1nc(CC(C)C)sc1C(=O)Nc1ccc(F)cc1. The summed E-state index contributed by atoms with van der Waals surface area (Å²) in [5, 5.41) is 3.73. The monoisotopic (exact) mass is 292 g/mol. The molecule has 1 aromatic heterocycles. The Balaban J connectivity index is 2.12. The van der Waals surface area contributed by atoms with Crippen molar-refractivity contribution >= 4 is 22.9 Å². The Labute approximate surface area is 121 Å². The second-order valence-electron chi connectivity index (χ2n) is 5.08. The Kier molecular flexibility index (Phi) is 4.49. The predicted molar refractivity (Wildman–Crippen MR) is 79.7 cm³/mol. The normalized spacial score (nSPS) is 10.8. The molecule has 1 aromatic carbocycles. The minimum atomic E-state index is -0.323. The molecule has 0 aliphatic rings. The number of aromatic nitrogens is 1. The summed E-state index contributed by atoms with van der Waals surface area (Å²) in [5.74, 6) is -0.00800. The lowest BCUT2D eigenvalue weighted by molar-refractivity contribution is 0.103. The number of aryl methyl sites for hydroxylation is 1. The maximum Gasteiger partial charge on any atom is 0.267 e. The van der Waals surface area contributed by atoms with Crippen LogP contribution in [0.3, 0.4) is 0 Å². The number of carbonyl (C=O) groups excluding carboxylic acids is 1. The molecule has 0 aliphatic heterocycles. The molecule has 0 saturated heterocycles. The average Bonchev–Trinajstić information content (AvgIpc) is 2.72. The van der Waals surface area contributed by atoms with E-state index in [1.165, 1.54) is 23.5 Å². The van der Waals surface area contributed by atoms with Gasteiger partial charge in [-0.1, -0.05) is 13.8 Å². The van der Waals surface area contributed by atoms with E-state index in [2.05, 4.69) is 24.1 Å².